The molecule has 0 radical (unpaired) electrons. The van der Waals surface area contributed by atoms with Crippen molar-refractivity contribution in [2.24, 2.45) is 0 Å². The molecule has 0 saturated heterocycles. The summed E-state index contributed by atoms with van der Waals surface area (Å²) >= 11 is 2.14. The minimum atomic E-state index is -0.129. The highest BCUT2D eigenvalue weighted by atomic mass is 127. The second kappa shape index (κ2) is 5.51. The Morgan fingerprint density at radius 3 is 2.82 bits per heavy atom. The number of hydrogen-bond donors (Lipinski definition) is 1. The van der Waals surface area contributed by atoms with E-state index in [0.717, 1.165) is 3.70 Å². The summed E-state index contributed by atoms with van der Waals surface area (Å²) in [4.78, 5) is 11.8. The van der Waals surface area contributed by atoms with E-state index in [1.54, 1.807) is 12.3 Å². The number of carbonyl (C=O) groups is 1. The molecule has 0 unspecified atom stereocenters. The molecule has 1 aromatic rings. The van der Waals surface area contributed by atoms with Crippen molar-refractivity contribution in [3.63, 3.8) is 0 Å². The van der Waals surface area contributed by atoms with Crippen molar-refractivity contribution in [3.05, 3.63) is 33.8 Å². The molecule has 1 aromatic heterocycles. The maximum Gasteiger partial charge on any atom is 0.255 e. The molecule has 0 aliphatic heterocycles. The van der Waals surface area contributed by atoms with E-state index in [2.05, 4.69) is 45.3 Å². The number of carbonyl (C=O) groups excluding carboxylic acids is 1. The van der Waals surface area contributed by atoms with Gasteiger partial charge in [-0.05, 0) is 49.4 Å². The minimum Gasteiger partial charge on any atom is -0.348 e. The molecule has 0 aliphatic carbocycles. The summed E-state index contributed by atoms with van der Waals surface area (Å²) in [5.74, 6) is -0.128. The van der Waals surface area contributed by atoms with E-state index < -0.39 is 0 Å². The van der Waals surface area contributed by atoms with Crippen LogP contribution in [0.5, 0.6) is 0 Å². The van der Waals surface area contributed by atoms with Gasteiger partial charge in [0.1, 0.15) is 3.70 Å². The van der Waals surface area contributed by atoms with Gasteiger partial charge in [-0.15, -0.1) is 5.73 Å². The third-order valence-corrected chi connectivity index (χ3v) is 3.14. The Morgan fingerprint density at radius 2 is 2.35 bits per heavy atom. The first kappa shape index (κ1) is 14.0. The van der Waals surface area contributed by atoms with Gasteiger partial charge >= 0.3 is 0 Å². The van der Waals surface area contributed by atoms with Crippen molar-refractivity contribution in [2.45, 2.75) is 26.3 Å². The molecule has 1 amide bonds. The first-order valence-electron chi connectivity index (χ1n) is 5.24. The average Bonchev–Trinajstić information content (AvgIpc) is 2.59. The van der Waals surface area contributed by atoms with Crippen LogP contribution in [0.1, 0.15) is 31.1 Å². The van der Waals surface area contributed by atoms with E-state index in [9.17, 15) is 4.79 Å². The highest BCUT2D eigenvalue weighted by Crippen LogP contribution is 2.20. The summed E-state index contributed by atoms with van der Waals surface area (Å²) in [6.45, 7) is 10.0. The summed E-state index contributed by atoms with van der Waals surface area (Å²) in [5.41, 5.74) is 3.07. The number of nitrogens with zero attached hydrogens (tertiary/aromatic N) is 2. The van der Waals surface area contributed by atoms with Crippen LogP contribution in [0.3, 0.4) is 0 Å². The third kappa shape index (κ3) is 3.44. The van der Waals surface area contributed by atoms with Gasteiger partial charge in [-0.25, -0.2) is 0 Å². The summed E-state index contributed by atoms with van der Waals surface area (Å²) in [6.07, 6.45) is 3.26. The molecule has 0 saturated carbocycles. The van der Waals surface area contributed by atoms with Crippen LogP contribution in [0.25, 0.3) is 0 Å². The molecule has 0 atom stereocenters. The predicted octanol–water partition coefficient (Wildman–Crippen LogP) is 2.31. The Morgan fingerprint density at radius 1 is 1.71 bits per heavy atom. The van der Waals surface area contributed by atoms with Gasteiger partial charge in [-0.3, -0.25) is 9.48 Å². The van der Waals surface area contributed by atoms with E-state index in [0.29, 0.717) is 12.1 Å². The molecule has 1 N–H and O–H groups in total. The van der Waals surface area contributed by atoms with Gasteiger partial charge in [0.25, 0.3) is 5.91 Å². The zero-order chi connectivity index (χ0) is 13.1. The summed E-state index contributed by atoms with van der Waals surface area (Å²) in [7, 11) is 0. The number of halogens is 1. The summed E-state index contributed by atoms with van der Waals surface area (Å²) in [5, 5.41) is 7.00. The van der Waals surface area contributed by atoms with Gasteiger partial charge in [-0.1, -0.05) is 6.58 Å². The number of nitrogens with one attached hydrogen (secondary N) is 1. The first-order chi connectivity index (χ1) is 7.88. The fourth-order valence-corrected chi connectivity index (χ4v) is 2.50. The Kier molecular flexibility index (Phi) is 4.54. The van der Waals surface area contributed by atoms with E-state index in [1.165, 1.54) is 0 Å². The fourth-order valence-electron chi connectivity index (χ4n) is 1.26. The van der Waals surface area contributed by atoms with Crippen molar-refractivity contribution in [1.82, 2.24) is 15.1 Å². The van der Waals surface area contributed by atoms with Gasteiger partial charge < -0.3 is 5.32 Å². The van der Waals surface area contributed by atoms with Crippen molar-refractivity contribution < 1.29 is 4.79 Å². The third-order valence-electron chi connectivity index (χ3n) is 2.10. The van der Waals surface area contributed by atoms with Gasteiger partial charge in [0.05, 0.1) is 17.3 Å². The number of aromatic nitrogens is 2. The van der Waals surface area contributed by atoms with Crippen molar-refractivity contribution >= 4 is 28.5 Å². The van der Waals surface area contributed by atoms with Gasteiger partial charge in [-0.2, -0.15) is 5.10 Å². The van der Waals surface area contributed by atoms with Crippen LogP contribution in [0.4, 0.5) is 0 Å². The normalized spacial score (nSPS) is 10.8. The summed E-state index contributed by atoms with van der Waals surface area (Å²) < 4.78 is 2.68. The lowest BCUT2D eigenvalue weighted by atomic mass is 10.1. The molecule has 0 aromatic carbocycles. The van der Waals surface area contributed by atoms with Crippen LogP contribution in [0.2, 0.25) is 0 Å². The van der Waals surface area contributed by atoms with Crippen LogP contribution in [0.15, 0.2) is 24.6 Å². The highest BCUT2D eigenvalue weighted by molar-refractivity contribution is 14.1. The first-order valence-corrected chi connectivity index (χ1v) is 6.32. The molecule has 1 rings (SSSR count). The topological polar surface area (TPSA) is 46.9 Å². The maximum absolute atomic E-state index is 11.8. The molecule has 0 spiro atoms. The second-order valence-electron chi connectivity index (χ2n) is 4.55. The van der Waals surface area contributed by atoms with Crippen LogP contribution < -0.4 is 5.32 Å². The summed E-state index contributed by atoms with van der Waals surface area (Å²) in [6, 6.07) is 0. The standard InChI is InChI=1S/C12H16IN3O/c1-5-6-7-14-11(17)9-8-15-16(10(9)13)12(2,3)4/h6,8H,1,7H2,2-4H3,(H,14,17). The van der Waals surface area contributed by atoms with Crippen molar-refractivity contribution in [3.8, 4) is 0 Å². The van der Waals surface area contributed by atoms with Crippen LogP contribution in [-0.2, 0) is 5.54 Å². The second-order valence-corrected chi connectivity index (χ2v) is 5.57. The van der Waals surface area contributed by atoms with Gasteiger partial charge in [0.2, 0.25) is 0 Å². The lowest BCUT2D eigenvalue weighted by Gasteiger charge is -2.20. The molecule has 0 fully saturated rings. The van der Waals surface area contributed by atoms with Gasteiger partial charge in [0.15, 0.2) is 0 Å². The van der Waals surface area contributed by atoms with E-state index in [-0.39, 0.29) is 11.4 Å². The molecule has 5 heteroatoms. The quantitative estimate of drug-likeness (QED) is 0.675. The SMILES string of the molecule is C=C=CCNC(=O)c1cnn(C(C)(C)C)c1I. The molecule has 0 aliphatic rings. The molecule has 0 bridgehead atoms. The molecular weight excluding hydrogens is 329 g/mol. The monoisotopic (exact) mass is 345 g/mol. The number of amides is 1. The lowest BCUT2D eigenvalue weighted by molar-refractivity contribution is 0.0957. The van der Waals surface area contributed by atoms with Crippen LogP contribution in [-0.4, -0.2) is 22.2 Å². The lowest BCUT2D eigenvalue weighted by Crippen LogP contribution is -2.27. The number of rotatable bonds is 3. The maximum atomic E-state index is 11.8. The minimum absolute atomic E-state index is 0.128. The molecule has 4 nitrogen and oxygen atoms in total. The molecule has 17 heavy (non-hydrogen) atoms. The van der Waals surface area contributed by atoms with Crippen LogP contribution >= 0.6 is 22.6 Å². The molecule has 1 heterocycles. The number of hydrogen-bond acceptors (Lipinski definition) is 2. The van der Waals surface area contributed by atoms with Crippen molar-refractivity contribution in [2.75, 3.05) is 6.54 Å². The Labute approximate surface area is 115 Å². The highest BCUT2D eigenvalue weighted by Gasteiger charge is 2.22. The van der Waals surface area contributed by atoms with Crippen molar-refractivity contribution in [1.29, 1.82) is 0 Å². The Hall–Kier alpha value is -1.07. The zero-order valence-electron chi connectivity index (χ0n) is 10.2. The Bertz CT molecular complexity index is 465. The largest absolute Gasteiger partial charge is 0.348 e. The predicted molar refractivity (Wildman–Crippen MR) is 76.0 cm³/mol. The molecule has 92 valence electrons. The Balaban J connectivity index is 2.90. The van der Waals surface area contributed by atoms with E-state index in [4.69, 9.17) is 0 Å². The van der Waals surface area contributed by atoms with Crippen LogP contribution in [0, 0.1) is 3.70 Å². The van der Waals surface area contributed by atoms with E-state index in [1.807, 2.05) is 25.5 Å². The van der Waals surface area contributed by atoms with E-state index >= 15 is 0 Å². The molecular formula is C12H16IN3O. The zero-order valence-corrected chi connectivity index (χ0v) is 12.4. The average molecular weight is 345 g/mol. The fraction of sp³-hybridized carbons (Fsp3) is 0.417. The van der Waals surface area contributed by atoms with Gasteiger partial charge in [0, 0.05) is 6.54 Å². The smallest absolute Gasteiger partial charge is 0.255 e.